The van der Waals surface area contributed by atoms with E-state index in [-0.39, 0.29) is 5.91 Å². The maximum absolute atomic E-state index is 13.0. The van der Waals surface area contributed by atoms with Gasteiger partial charge in [-0.05, 0) is 54.2 Å². The Morgan fingerprint density at radius 1 is 1.18 bits per heavy atom. The van der Waals surface area contributed by atoms with E-state index in [0.29, 0.717) is 30.3 Å². The quantitative estimate of drug-likeness (QED) is 0.789. The summed E-state index contributed by atoms with van der Waals surface area (Å²) < 4.78 is 10.8. The second kappa shape index (κ2) is 8.95. The minimum absolute atomic E-state index is 0.0229. The van der Waals surface area contributed by atoms with Gasteiger partial charge in [0.05, 0.1) is 14.2 Å². The molecule has 1 aromatic heterocycles. The molecule has 0 saturated carbocycles. The van der Waals surface area contributed by atoms with Crippen molar-refractivity contribution < 1.29 is 14.3 Å². The van der Waals surface area contributed by atoms with Gasteiger partial charge in [-0.1, -0.05) is 13.8 Å². The SMILES string of the molecule is COc1cc2c(cc1OC)CN(C(=O)c1ccnc(NCCC(C)C)c1)CC2. The summed E-state index contributed by atoms with van der Waals surface area (Å²) in [6, 6.07) is 7.60. The van der Waals surface area contributed by atoms with Crippen LogP contribution in [0.1, 0.15) is 41.8 Å². The maximum Gasteiger partial charge on any atom is 0.254 e. The van der Waals surface area contributed by atoms with Gasteiger partial charge in [-0.15, -0.1) is 0 Å². The van der Waals surface area contributed by atoms with Crippen LogP contribution >= 0.6 is 0 Å². The molecule has 6 nitrogen and oxygen atoms in total. The lowest BCUT2D eigenvalue weighted by atomic mass is 9.98. The van der Waals surface area contributed by atoms with Crippen LogP contribution in [0.3, 0.4) is 0 Å². The number of rotatable bonds is 7. The number of aromatic nitrogens is 1. The molecule has 28 heavy (non-hydrogen) atoms. The number of carbonyl (C=O) groups is 1. The number of hydrogen-bond donors (Lipinski definition) is 1. The maximum atomic E-state index is 13.0. The Morgan fingerprint density at radius 2 is 1.89 bits per heavy atom. The van der Waals surface area contributed by atoms with E-state index in [1.54, 1.807) is 26.5 Å². The first-order chi connectivity index (χ1) is 13.5. The summed E-state index contributed by atoms with van der Waals surface area (Å²) in [7, 11) is 3.26. The predicted octanol–water partition coefficient (Wildman–Crippen LogP) is 3.76. The number of fused-ring (bicyclic) bond motifs is 1. The molecule has 1 aromatic carbocycles. The van der Waals surface area contributed by atoms with Crippen molar-refractivity contribution in [1.29, 1.82) is 0 Å². The number of pyridine rings is 1. The van der Waals surface area contributed by atoms with Gasteiger partial charge in [0.25, 0.3) is 5.91 Å². The number of anilines is 1. The van der Waals surface area contributed by atoms with E-state index in [1.807, 2.05) is 23.1 Å². The Labute approximate surface area is 166 Å². The molecule has 1 aliphatic rings. The third kappa shape index (κ3) is 4.55. The van der Waals surface area contributed by atoms with E-state index >= 15 is 0 Å². The minimum Gasteiger partial charge on any atom is -0.493 e. The van der Waals surface area contributed by atoms with Crippen LogP contribution in [0, 0.1) is 5.92 Å². The molecule has 2 heterocycles. The van der Waals surface area contributed by atoms with Crippen LogP contribution in [0.4, 0.5) is 5.82 Å². The number of carbonyl (C=O) groups excluding carboxylic acids is 1. The summed E-state index contributed by atoms with van der Waals surface area (Å²) >= 11 is 0. The Bertz CT molecular complexity index is 836. The third-order valence-electron chi connectivity index (χ3n) is 5.04. The Balaban J connectivity index is 1.72. The van der Waals surface area contributed by atoms with Gasteiger partial charge in [-0.3, -0.25) is 4.79 Å². The smallest absolute Gasteiger partial charge is 0.254 e. The minimum atomic E-state index is 0.0229. The summed E-state index contributed by atoms with van der Waals surface area (Å²) in [5, 5.41) is 3.31. The lowest BCUT2D eigenvalue weighted by molar-refractivity contribution is 0.0734. The molecule has 3 rings (SSSR count). The third-order valence-corrected chi connectivity index (χ3v) is 5.04. The molecule has 0 bridgehead atoms. The monoisotopic (exact) mass is 383 g/mol. The molecule has 6 heteroatoms. The summed E-state index contributed by atoms with van der Waals surface area (Å²) in [5.74, 6) is 2.81. The molecule has 1 amide bonds. The van der Waals surface area contributed by atoms with Crippen molar-refractivity contribution in [2.75, 3.05) is 32.6 Å². The number of amides is 1. The zero-order valence-electron chi connectivity index (χ0n) is 17.1. The van der Waals surface area contributed by atoms with Crippen molar-refractivity contribution >= 4 is 11.7 Å². The Morgan fingerprint density at radius 3 is 2.57 bits per heavy atom. The number of ether oxygens (including phenoxy) is 2. The Kier molecular flexibility index (Phi) is 6.39. The van der Waals surface area contributed by atoms with Crippen molar-refractivity contribution in [3.8, 4) is 11.5 Å². The Hall–Kier alpha value is -2.76. The van der Waals surface area contributed by atoms with Crippen LogP contribution in [0.5, 0.6) is 11.5 Å². The molecule has 0 spiro atoms. The van der Waals surface area contributed by atoms with Gasteiger partial charge >= 0.3 is 0 Å². The van der Waals surface area contributed by atoms with Crippen LogP contribution < -0.4 is 14.8 Å². The van der Waals surface area contributed by atoms with E-state index in [1.165, 1.54) is 5.56 Å². The topological polar surface area (TPSA) is 63.7 Å². The largest absolute Gasteiger partial charge is 0.493 e. The number of methoxy groups -OCH3 is 2. The van der Waals surface area contributed by atoms with Crippen LogP contribution in [0.15, 0.2) is 30.5 Å². The summed E-state index contributed by atoms with van der Waals surface area (Å²) in [6.07, 6.45) is 3.55. The molecular weight excluding hydrogens is 354 g/mol. The fraction of sp³-hybridized carbons (Fsp3) is 0.455. The molecule has 150 valence electrons. The molecule has 2 aromatic rings. The molecular formula is C22H29N3O3. The molecule has 0 saturated heterocycles. The lowest BCUT2D eigenvalue weighted by Gasteiger charge is -2.29. The van der Waals surface area contributed by atoms with Crippen LogP contribution in [0.25, 0.3) is 0 Å². The zero-order valence-corrected chi connectivity index (χ0v) is 17.1. The van der Waals surface area contributed by atoms with Crippen molar-refractivity contribution in [2.45, 2.75) is 33.2 Å². The van der Waals surface area contributed by atoms with Crippen LogP contribution in [-0.4, -0.2) is 43.1 Å². The predicted molar refractivity (Wildman–Crippen MR) is 110 cm³/mol. The van der Waals surface area contributed by atoms with Gasteiger partial charge in [0.2, 0.25) is 0 Å². The molecule has 0 fully saturated rings. The average molecular weight is 383 g/mol. The van der Waals surface area contributed by atoms with Gasteiger partial charge in [0, 0.05) is 31.4 Å². The van der Waals surface area contributed by atoms with Gasteiger partial charge in [-0.25, -0.2) is 4.98 Å². The summed E-state index contributed by atoms with van der Waals surface area (Å²) in [6.45, 7) is 6.47. The molecule has 1 N–H and O–H groups in total. The number of nitrogens with one attached hydrogen (secondary N) is 1. The fourth-order valence-corrected chi connectivity index (χ4v) is 3.39. The van der Waals surface area contributed by atoms with Gasteiger partial charge in [0.15, 0.2) is 11.5 Å². The standard InChI is InChI=1S/C22H29N3O3/c1-15(2)5-8-23-21-13-17(6-9-24-21)22(26)25-10-7-16-11-19(27-3)20(28-4)12-18(16)14-25/h6,9,11-13,15H,5,7-8,10,14H2,1-4H3,(H,23,24). The van der Waals surface area contributed by atoms with Gasteiger partial charge in [0.1, 0.15) is 5.82 Å². The molecule has 0 unspecified atom stereocenters. The lowest BCUT2D eigenvalue weighted by Crippen LogP contribution is -2.36. The van der Waals surface area contributed by atoms with Gasteiger partial charge in [-0.2, -0.15) is 0 Å². The normalized spacial score (nSPS) is 13.2. The zero-order chi connectivity index (χ0) is 20.1. The van der Waals surface area contributed by atoms with E-state index in [2.05, 4.69) is 24.1 Å². The van der Waals surface area contributed by atoms with E-state index in [9.17, 15) is 4.79 Å². The van der Waals surface area contributed by atoms with Crippen molar-refractivity contribution in [3.05, 3.63) is 47.2 Å². The van der Waals surface area contributed by atoms with E-state index < -0.39 is 0 Å². The van der Waals surface area contributed by atoms with Crippen molar-refractivity contribution in [3.63, 3.8) is 0 Å². The summed E-state index contributed by atoms with van der Waals surface area (Å²) in [5.41, 5.74) is 2.96. The highest BCUT2D eigenvalue weighted by molar-refractivity contribution is 5.95. The summed E-state index contributed by atoms with van der Waals surface area (Å²) in [4.78, 5) is 19.2. The molecule has 0 atom stereocenters. The molecule has 0 aliphatic carbocycles. The first-order valence-electron chi connectivity index (χ1n) is 9.74. The number of nitrogens with zero attached hydrogens (tertiary/aromatic N) is 2. The van der Waals surface area contributed by atoms with E-state index in [4.69, 9.17) is 9.47 Å². The first-order valence-corrected chi connectivity index (χ1v) is 9.74. The fourth-order valence-electron chi connectivity index (χ4n) is 3.39. The van der Waals surface area contributed by atoms with E-state index in [0.717, 1.165) is 36.5 Å². The highest BCUT2D eigenvalue weighted by Gasteiger charge is 2.24. The average Bonchev–Trinajstić information content (AvgIpc) is 2.71. The second-order valence-electron chi connectivity index (χ2n) is 7.49. The number of benzene rings is 1. The van der Waals surface area contributed by atoms with Crippen LogP contribution in [-0.2, 0) is 13.0 Å². The second-order valence-corrected chi connectivity index (χ2v) is 7.49. The number of hydrogen-bond acceptors (Lipinski definition) is 5. The van der Waals surface area contributed by atoms with Crippen LogP contribution in [0.2, 0.25) is 0 Å². The van der Waals surface area contributed by atoms with Crippen molar-refractivity contribution in [2.24, 2.45) is 5.92 Å². The van der Waals surface area contributed by atoms with Gasteiger partial charge < -0.3 is 19.7 Å². The highest BCUT2D eigenvalue weighted by atomic mass is 16.5. The highest BCUT2D eigenvalue weighted by Crippen LogP contribution is 2.33. The molecule has 1 aliphatic heterocycles. The van der Waals surface area contributed by atoms with Crippen molar-refractivity contribution in [1.82, 2.24) is 9.88 Å². The first kappa shape index (κ1) is 20.0. The molecule has 0 radical (unpaired) electrons.